The molecule has 0 aliphatic heterocycles. The molecule has 0 bridgehead atoms. The maximum atomic E-state index is 12.2. The van der Waals surface area contributed by atoms with E-state index >= 15 is 0 Å². The molecule has 0 spiro atoms. The van der Waals surface area contributed by atoms with Crippen molar-refractivity contribution in [3.05, 3.63) is 27.9 Å². The largest absolute Gasteiger partial charge is 0.328 e. The summed E-state index contributed by atoms with van der Waals surface area (Å²) in [6.07, 6.45) is -2.46. The number of rotatable bonds is 3. The van der Waals surface area contributed by atoms with Gasteiger partial charge >= 0.3 is 0 Å². The first kappa shape index (κ1) is 10.8. The van der Waals surface area contributed by atoms with Gasteiger partial charge in [0.15, 0.2) is 0 Å². The topological polar surface area (TPSA) is 71.8 Å². The first-order chi connectivity index (χ1) is 6.49. The smallest absolute Gasteiger partial charge is 0.280 e. The second-order valence-corrected chi connectivity index (χ2v) is 3.10. The van der Waals surface area contributed by atoms with Crippen LogP contribution in [0.2, 0.25) is 0 Å². The van der Waals surface area contributed by atoms with Crippen LogP contribution in [0.15, 0.2) is 10.9 Å². The highest BCUT2D eigenvalue weighted by Crippen LogP contribution is 2.13. The van der Waals surface area contributed by atoms with Gasteiger partial charge in [-0.3, -0.25) is 4.79 Å². The van der Waals surface area contributed by atoms with Crippen LogP contribution >= 0.6 is 0 Å². The van der Waals surface area contributed by atoms with E-state index in [0.29, 0.717) is 0 Å². The highest BCUT2D eigenvalue weighted by molar-refractivity contribution is 5.04. The van der Waals surface area contributed by atoms with E-state index in [1.54, 1.807) is 6.92 Å². The molecule has 0 aromatic carbocycles. The van der Waals surface area contributed by atoms with Crippen molar-refractivity contribution in [1.29, 1.82) is 0 Å². The van der Waals surface area contributed by atoms with Crippen molar-refractivity contribution >= 4 is 0 Å². The molecule has 1 aromatic rings. The molecule has 4 nitrogen and oxygen atoms in total. The zero-order valence-electron chi connectivity index (χ0n) is 7.63. The molecular weight excluding hydrogens is 192 g/mol. The maximum absolute atomic E-state index is 12.2. The van der Waals surface area contributed by atoms with Gasteiger partial charge < -0.3 is 10.7 Å². The number of alkyl halides is 2. The van der Waals surface area contributed by atoms with Crippen molar-refractivity contribution in [3.8, 4) is 0 Å². The van der Waals surface area contributed by atoms with Crippen molar-refractivity contribution in [3.63, 3.8) is 0 Å². The normalized spacial score (nSPS) is 13.2. The second-order valence-electron chi connectivity index (χ2n) is 3.10. The van der Waals surface area contributed by atoms with Crippen LogP contribution in [0.25, 0.3) is 0 Å². The number of aromatic amines is 1. The average Bonchev–Trinajstić information content (AvgIpc) is 2.01. The van der Waals surface area contributed by atoms with Crippen LogP contribution < -0.4 is 11.3 Å². The van der Waals surface area contributed by atoms with Crippen LogP contribution in [0, 0.1) is 0 Å². The van der Waals surface area contributed by atoms with Crippen molar-refractivity contribution < 1.29 is 8.78 Å². The lowest BCUT2D eigenvalue weighted by molar-refractivity contribution is 0.145. The van der Waals surface area contributed by atoms with E-state index in [4.69, 9.17) is 5.73 Å². The molecule has 0 fully saturated rings. The summed E-state index contributed by atoms with van der Waals surface area (Å²) in [7, 11) is 0. The molecule has 0 radical (unpaired) electrons. The van der Waals surface area contributed by atoms with E-state index in [1.165, 1.54) is 0 Å². The molecule has 1 atom stereocenters. The molecule has 3 N–H and O–H groups in total. The summed E-state index contributed by atoms with van der Waals surface area (Å²) in [4.78, 5) is 16.9. The Morgan fingerprint density at radius 3 is 2.79 bits per heavy atom. The fourth-order valence-electron chi connectivity index (χ4n) is 1.04. The molecule has 1 aromatic heterocycles. The molecule has 14 heavy (non-hydrogen) atoms. The standard InChI is InChI=1S/C8H11F2N3O/c1-4(11)2-6-12-5(8(9)10)3-7(14)13-6/h3-4,8H,2,11H2,1H3,(H,12,13,14). The van der Waals surface area contributed by atoms with Crippen molar-refractivity contribution in [2.45, 2.75) is 25.8 Å². The third-order valence-corrected chi connectivity index (χ3v) is 1.55. The van der Waals surface area contributed by atoms with Crippen LogP contribution in [-0.4, -0.2) is 16.0 Å². The summed E-state index contributed by atoms with van der Waals surface area (Å²) < 4.78 is 24.4. The number of hydrogen-bond donors (Lipinski definition) is 2. The summed E-state index contributed by atoms with van der Waals surface area (Å²) in [5.74, 6) is 0.197. The number of nitrogens with one attached hydrogen (secondary N) is 1. The third kappa shape index (κ3) is 2.88. The van der Waals surface area contributed by atoms with E-state index in [2.05, 4.69) is 9.97 Å². The molecule has 6 heteroatoms. The Balaban J connectivity index is 3.01. The van der Waals surface area contributed by atoms with Gasteiger partial charge in [0, 0.05) is 18.5 Å². The number of halogens is 2. The van der Waals surface area contributed by atoms with Gasteiger partial charge in [-0.25, -0.2) is 13.8 Å². The lowest BCUT2D eigenvalue weighted by atomic mass is 10.2. The monoisotopic (exact) mass is 203 g/mol. The highest BCUT2D eigenvalue weighted by Gasteiger charge is 2.11. The van der Waals surface area contributed by atoms with E-state index in [1.807, 2.05) is 0 Å². The van der Waals surface area contributed by atoms with Crippen LogP contribution in [0.1, 0.15) is 24.9 Å². The van der Waals surface area contributed by atoms with Gasteiger partial charge in [0.2, 0.25) is 0 Å². The minimum Gasteiger partial charge on any atom is -0.328 e. The Morgan fingerprint density at radius 2 is 2.29 bits per heavy atom. The molecule has 1 heterocycles. The van der Waals surface area contributed by atoms with Gasteiger partial charge in [-0.05, 0) is 6.92 Å². The predicted molar refractivity (Wildman–Crippen MR) is 47.2 cm³/mol. The van der Waals surface area contributed by atoms with Crippen LogP contribution in [-0.2, 0) is 6.42 Å². The van der Waals surface area contributed by atoms with Crippen LogP contribution in [0.3, 0.4) is 0 Å². The SMILES string of the molecule is CC(N)Cc1nc(C(F)F)cc(=O)[nH]1. The van der Waals surface area contributed by atoms with E-state index in [9.17, 15) is 13.6 Å². The minimum atomic E-state index is -2.73. The first-order valence-corrected chi connectivity index (χ1v) is 4.13. The molecule has 0 aliphatic carbocycles. The van der Waals surface area contributed by atoms with E-state index in [0.717, 1.165) is 6.07 Å². The summed E-state index contributed by atoms with van der Waals surface area (Å²) in [5, 5.41) is 0. The molecule has 0 amide bonds. The van der Waals surface area contributed by atoms with Crippen molar-refractivity contribution in [2.24, 2.45) is 5.73 Å². The first-order valence-electron chi connectivity index (χ1n) is 4.13. The zero-order valence-corrected chi connectivity index (χ0v) is 7.63. The van der Waals surface area contributed by atoms with Gasteiger partial charge in [0.05, 0.1) is 0 Å². The third-order valence-electron chi connectivity index (χ3n) is 1.55. The van der Waals surface area contributed by atoms with Gasteiger partial charge in [0.25, 0.3) is 12.0 Å². The van der Waals surface area contributed by atoms with Crippen LogP contribution in [0.5, 0.6) is 0 Å². The summed E-state index contributed by atoms with van der Waals surface area (Å²) in [6, 6.07) is 0.557. The molecular formula is C8H11F2N3O. The number of hydrogen-bond acceptors (Lipinski definition) is 3. The Morgan fingerprint density at radius 1 is 1.64 bits per heavy atom. The quantitative estimate of drug-likeness (QED) is 0.755. The van der Waals surface area contributed by atoms with Crippen molar-refractivity contribution in [1.82, 2.24) is 9.97 Å². The minimum absolute atomic E-state index is 0.197. The molecule has 0 aliphatic rings. The zero-order chi connectivity index (χ0) is 10.7. The number of nitrogens with zero attached hydrogens (tertiary/aromatic N) is 1. The molecule has 0 saturated carbocycles. The van der Waals surface area contributed by atoms with Crippen LogP contribution in [0.4, 0.5) is 8.78 Å². The van der Waals surface area contributed by atoms with Gasteiger partial charge in [0.1, 0.15) is 11.5 Å². The number of H-pyrrole nitrogens is 1. The van der Waals surface area contributed by atoms with E-state index in [-0.39, 0.29) is 18.3 Å². The molecule has 78 valence electrons. The number of aromatic nitrogens is 2. The predicted octanol–water partition coefficient (Wildman–Crippen LogP) is 0.597. The summed E-state index contributed by atoms with van der Waals surface area (Å²) in [5.41, 5.74) is 4.36. The Hall–Kier alpha value is -1.30. The maximum Gasteiger partial charge on any atom is 0.280 e. The Labute approximate surface area is 79.2 Å². The molecule has 1 rings (SSSR count). The Bertz CT molecular complexity index is 362. The molecule has 1 unspecified atom stereocenters. The van der Waals surface area contributed by atoms with Crippen molar-refractivity contribution in [2.75, 3.05) is 0 Å². The number of nitrogens with two attached hydrogens (primary N) is 1. The lowest BCUT2D eigenvalue weighted by Crippen LogP contribution is -2.22. The fourth-order valence-corrected chi connectivity index (χ4v) is 1.04. The average molecular weight is 203 g/mol. The molecule has 0 saturated heterocycles. The van der Waals surface area contributed by atoms with Gasteiger partial charge in [-0.15, -0.1) is 0 Å². The van der Waals surface area contributed by atoms with E-state index < -0.39 is 17.7 Å². The Kier molecular flexibility index (Phi) is 3.29. The summed E-state index contributed by atoms with van der Waals surface area (Å²) >= 11 is 0. The second kappa shape index (κ2) is 4.28. The highest BCUT2D eigenvalue weighted by atomic mass is 19.3. The lowest BCUT2D eigenvalue weighted by Gasteiger charge is -2.05. The van der Waals surface area contributed by atoms with Gasteiger partial charge in [-0.1, -0.05) is 0 Å². The van der Waals surface area contributed by atoms with Gasteiger partial charge in [-0.2, -0.15) is 0 Å². The fraction of sp³-hybridized carbons (Fsp3) is 0.500. The summed E-state index contributed by atoms with van der Waals surface area (Å²) in [6.45, 7) is 1.70.